The zero-order valence-electron chi connectivity index (χ0n) is 14.2. The number of carbonyl (C=O) groups is 1. The number of halogens is 3. The van der Waals surface area contributed by atoms with Crippen molar-refractivity contribution in [3.05, 3.63) is 71.0 Å². The van der Waals surface area contributed by atoms with E-state index in [-0.39, 0.29) is 17.9 Å². The first-order valence-electron chi connectivity index (χ1n) is 8.06. The summed E-state index contributed by atoms with van der Waals surface area (Å²) in [5, 5.41) is 16.8. The number of anilines is 1. The van der Waals surface area contributed by atoms with Crippen LogP contribution < -0.4 is 10.4 Å². The highest BCUT2D eigenvalue weighted by Gasteiger charge is 2.31. The number of nitrogens with zero attached hydrogens (tertiary/aromatic N) is 4. The Morgan fingerprint density at radius 2 is 1.96 bits per heavy atom. The molecular weight excluding hydrogens is 359 g/mol. The van der Waals surface area contributed by atoms with Crippen molar-refractivity contribution >= 4 is 11.6 Å². The molecule has 0 bridgehead atoms. The number of hydrogen-bond acceptors (Lipinski definition) is 4. The topological polar surface area (TPSA) is 81.9 Å². The maximum Gasteiger partial charge on any atom is 0.416 e. The van der Waals surface area contributed by atoms with Crippen molar-refractivity contribution in [1.82, 2.24) is 20.6 Å². The van der Waals surface area contributed by atoms with Gasteiger partial charge in [-0.15, -0.1) is 0 Å². The van der Waals surface area contributed by atoms with E-state index in [0.717, 1.165) is 23.3 Å². The molecule has 0 fully saturated rings. The van der Waals surface area contributed by atoms with Gasteiger partial charge in [-0.25, -0.2) is 0 Å². The van der Waals surface area contributed by atoms with Gasteiger partial charge >= 0.3 is 6.18 Å². The van der Waals surface area contributed by atoms with Crippen molar-refractivity contribution in [2.75, 3.05) is 5.32 Å². The van der Waals surface area contributed by atoms with Gasteiger partial charge in [0, 0.05) is 11.5 Å². The predicted molar refractivity (Wildman–Crippen MR) is 90.8 cm³/mol. The molecule has 1 N–H and O–H groups in total. The minimum absolute atomic E-state index is 0.0390. The molecule has 0 unspecified atom stereocenters. The van der Waals surface area contributed by atoms with Crippen molar-refractivity contribution in [3.8, 4) is 0 Å². The molecule has 1 amide bonds. The summed E-state index contributed by atoms with van der Waals surface area (Å²) >= 11 is 0. The summed E-state index contributed by atoms with van der Waals surface area (Å²) in [4.78, 5) is 12.8. The molecule has 0 spiro atoms. The molecule has 0 aliphatic heterocycles. The summed E-state index contributed by atoms with van der Waals surface area (Å²) in [6.07, 6.45) is -4.23. The van der Waals surface area contributed by atoms with E-state index in [4.69, 9.17) is 0 Å². The van der Waals surface area contributed by atoms with E-state index in [1.807, 2.05) is 31.2 Å². The Labute approximate surface area is 152 Å². The number of nitrogens with one attached hydrogen (secondary N) is 1. The number of rotatable bonds is 5. The fourth-order valence-electron chi connectivity index (χ4n) is 2.65. The third-order valence-electron chi connectivity index (χ3n) is 4.11. The average Bonchev–Trinajstić information content (AvgIpc) is 3.14. The van der Waals surface area contributed by atoms with Crippen molar-refractivity contribution < 1.29 is 18.0 Å². The van der Waals surface area contributed by atoms with Crippen molar-refractivity contribution in [1.29, 1.82) is 0 Å². The van der Waals surface area contributed by atoms with Crippen LogP contribution in [0.4, 0.5) is 18.9 Å². The SMILES string of the molecule is Cc1ccccc1C[C@H](C(=O)Nc1cccc(C(F)(F)F)c1)c1nnn[n-]1. The van der Waals surface area contributed by atoms with Gasteiger partial charge in [0.25, 0.3) is 0 Å². The molecule has 6 nitrogen and oxygen atoms in total. The fourth-order valence-corrected chi connectivity index (χ4v) is 2.65. The second kappa shape index (κ2) is 7.56. The number of amides is 1. The molecule has 0 aliphatic carbocycles. The standard InChI is InChI=1S/C18H16F3N5O/c1-11-5-2-3-6-12(11)9-15(16-23-25-26-24-16)17(27)22-14-8-4-7-13(10-14)18(19,20)21/h2-8,10,15H,9H2,1H3,(H2,22,23,24,25,26,27)/p-1/t15-/m0/s1. The number of carbonyl (C=O) groups excluding carboxylic acids is 1. The highest BCUT2D eigenvalue weighted by Crippen LogP contribution is 2.31. The van der Waals surface area contributed by atoms with Gasteiger partial charge in [-0.3, -0.25) is 15.1 Å². The van der Waals surface area contributed by atoms with Gasteiger partial charge in [-0.1, -0.05) is 30.3 Å². The van der Waals surface area contributed by atoms with Crippen LogP contribution in [-0.4, -0.2) is 21.4 Å². The van der Waals surface area contributed by atoms with Gasteiger partial charge < -0.3 is 10.4 Å². The summed E-state index contributed by atoms with van der Waals surface area (Å²) in [6, 6.07) is 11.9. The van der Waals surface area contributed by atoms with E-state index < -0.39 is 23.6 Å². The highest BCUT2D eigenvalue weighted by molar-refractivity contribution is 5.95. The Bertz CT molecular complexity index is 925. The maximum atomic E-state index is 12.9. The summed E-state index contributed by atoms with van der Waals surface area (Å²) in [5.41, 5.74) is 1.06. The third kappa shape index (κ3) is 4.49. The lowest BCUT2D eigenvalue weighted by atomic mass is 9.94. The Hall–Kier alpha value is -3.23. The molecule has 0 saturated heterocycles. The molecule has 0 aliphatic rings. The van der Waals surface area contributed by atoms with Gasteiger partial charge in [0.2, 0.25) is 5.91 Å². The quantitative estimate of drug-likeness (QED) is 0.742. The second-order valence-corrected chi connectivity index (χ2v) is 5.99. The molecule has 27 heavy (non-hydrogen) atoms. The third-order valence-corrected chi connectivity index (χ3v) is 4.11. The first-order valence-corrected chi connectivity index (χ1v) is 8.06. The fraction of sp³-hybridized carbons (Fsp3) is 0.222. The van der Waals surface area contributed by atoms with Crippen LogP contribution in [0.2, 0.25) is 0 Å². The predicted octanol–water partition coefficient (Wildman–Crippen LogP) is 3.12. The molecule has 140 valence electrons. The van der Waals surface area contributed by atoms with Crippen LogP contribution >= 0.6 is 0 Å². The lowest BCUT2D eigenvalue weighted by Gasteiger charge is -2.18. The molecule has 1 heterocycles. The van der Waals surface area contributed by atoms with E-state index in [9.17, 15) is 18.0 Å². The smallest absolute Gasteiger partial charge is 0.335 e. The zero-order chi connectivity index (χ0) is 19.4. The summed E-state index contributed by atoms with van der Waals surface area (Å²) < 4.78 is 38.6. The van der Waals surface area contributed by atoms with Gasteiger partial charge in [-0.2, -0.15) is 18.4 Å². The van der Waals surface area contributed by atoms with E-state index >= 15 is 0 Å². The molecule has 9 heteroatoms. The lowest BCUT2D eigenvalue weighted by Crippen LogP contribution is -2.25. The summed E-state index contributed by atoms with van der Waals surface area (Å²) in [5.74, 6) is -1.26. The van der Waals surface area contributed by atoms with Crippen molar-refractivity contribution in [2.45, 2.75) is 25.4 Å². The van der Waals surface area contributed by atoms with Gasteiger partial charge in [0.1, 0.15) is 0 Å². The molecule has 0 saturated carbocycles. The van der Waals surface area contributed by atoms with Crippen LogP contribution in [0.1, 0.15) is 28.4 Å². The monoisotopic (exact) mass is 374 g/mol. The molecule has 1 aromatic heterocycles. The Morgan fingerprint density at radius 3 is 2.63 bits per heavy atom. The lowest BCUT2D eigenvalue weighted by molar-refractivity contribution is -0.137. The zero-order valence-corrected chi connectivity index (χ0v) is 14.2. The van der Waals surface area contributed by atoms with Crippen LogP contribution in [-0.2, 0) is 17.4 Å². The highest BCUT2D eigenvalue weighted by atomic mass is 19.4. The molecule has 3 aromatic rings. The van der Waals surface area contributed by atoms with Gasteiger partial charge in [-0.05, 0) is 42.7 Å². The number of aryl methyl sites for hydroxylation is 1. The van der Waals surface area contributed by atoms with Crippen LogP contribution in [0.3, 0.4) is 0 Å². The first kappa shape index (κ1) is 18.6. The Morgan fingerprint density at radius 1 is 1.19 bits per heavy atom. The van der Waals surface area contributed by atoms with E-state index in [1.165, 1.54) is 12.1 Å². The molecule has 2 aromatic carbocycles. The van der Waals surface area contributed by atoms with Crippen LogP contribution in [0.5, 0.6) is 0 Å². The largest absolute Gasteiger partial charge is 0.416 e. The van der Waals surface area contributed by atoms with Gasteiger partial charge in [0.05, 0.1) is 11.5 Å². The van der Waals surface area contributed by atoms with E-state index in [2.05, 4.69) is 25.9 Å². The molecule has 3 rings (SSSR count). The Balaban J connectivity index is 1.85. The number of alkyl halides is 3. The average molecular weight is 374 g/mol. The van der Waals surface area contributed by atoms with Crippen LogP contribution in [0, 0.1) is 6.92 Å². The summed E-state index contributed by atoms with van der Waals surface area (Å²) in [7, 11) is 0. The van der Waals surface area contributed by atoms with Crippen LogP contribution in [0.15, 0.2) is 48.5 Å². The first-order chi connectivity index (χ1) is 12.8. The number of hydrogen-bond donors (Lipinski definition) is 1. The van der Waals surface area contributed by atoms with Gasteiger partial charge in [0.15, 0.2) is 0 Å². The minimum atomic E-state index is -4.50. The summed E-state index contributed by atoms with van der Waals surface area (Å²) in [6.45, 7) is 1.90. The minimum Gasteiger partial charge on any atom is -0.335 e. The normalized spacial score (nSPS) is 12.6. The Kier molecular flexibility index (Phi) is 5.20. The second-order valence-electron chi connectivity index (χ2n) is 5.99. The maximum absolute atomic E-state index is 12.9. The molecule has 1 atom stereocenters. The molecular formula is C18H15F3N5O-. The van der Waals surface area contributed by atoms with E-state index in [1.54, 1.807) is 0 Å². The van der Waals surface area contributed by atoms with E-state index in [0.29, 0.717) is 0 Å². The molecule has 0 radical (unpaired) electrons. The van der Waals surface area contributed by atoms with Crippen molar-refractivity contribution in [3.63, 3.8) is 0 Å². The van der Waals surface area contributed by atoms with Crippen LogP contribution in [0.25, 0.3) is 0 Å². The van der Waals surface area contributed by atoms with Crippen molar-refractivity contribution in [2.24, 2.45) is 0 Å². The number of aromatic nitrogens is 4. The number of tetrazole rings is 1. The number of benzene rings is 2.